The molecule has 0 aliphatic carbocycles. The normalized spacial score (nSPS) is 15.0. The molecule has 1 N–H and O–H groups in total. The number of nitrogens with zero attached hydrogens (tertiary/aromatic N) is 3. The van der Waals surface area contributed by atoms with E-state index in [1.807, 2.05) is 0 Å². The molecule has 156 valence electrons. The Hall–Kier alpha value is -2.93. The zero-order valence-electron chi connectivity index (χ0n) is 15.4. The van der Waals surface area contributed by atoms with Crippen molar-refractivity contribution < 1.29 is 27.5 Å². The molecular weight excluding hydrogens is 413 g/mol. The van der Waals surface area contributed by atoms with Gasteiger partial charge in [-0.05, 0) is 25.1 Å². The Bertz CT molecular complexity index is 844. The molecule has 0 saturated carbocycles. The minimum Gasteiger partial charge on any atom is -0.450 e. The van der Waals surface area contributed by atoms with Gasteiger partial charge in [-0.3, -0.25) is 4.79 Å². The van der Waals surface area contributed by atoms with E-state index in [1.54, 1.807) is 17.9 Å². The molecule has 1 fully saturated rings. The Morgan fingerprint density at radius 1 is 1.31 bits per heavy atom. The first kappa shape index (κ1) is 22.4. The fraction of sp³-hybridized carbons (Fsp3) is 0.389. The summed E-state index contributed by atoms with van der Waals surface area (Å²) in [6.45, 7) is 3.40. The predicted octanol–water partition coefficient (Wildman–Crippen LogP) is 3.48. The van der Waals surface area contributed by atoms with Crippen LogP contribution in [-0.2, 0) is 15.7 Å². The number of benzene rings is 1. The summed E-state index contributed by atoms with van der Waals surface area (Å²) in [6.07, 6.45) is -3.79. The number of amides is 2. The summed E-state index contributed by atoms with van der Waals surface area (Å²) in [4.78, 5) is 27.2. The van der Waals surface area contributed by atoms with E-state index in [0.717, 1.165) is 6.07 Å². The van der Waals surface area contributed by atoms with Gasteiger partial charge < -0.3 is 19.9 Å². The Morgan fingerprint density at radius 2 is 1.97 bits per heavy atom. The molecule has 1 aromatic rings. The van der Waals surface area contributed by atoms with Crippen LogP contribution >= 0.6 is 11.6 Å². The molecule has 0 spiro atoms. The van der Waals surface area contributed by atoms with Crippen LogP contribution in [0.4, 0.5) is 23.7 Å². The quantitative estimate of drug-likeness (QED) is 0.584. The first-order chi connectivity index (χ1) is 13.7. The van der Waals surface area contributed by atoms with E-state index in [2.05, 4.69) is 5.32 Å². The number of hydrogen-bond donors (Lipinski definition) is 1. The van der Waals surface area contributed by atoms with Crippen LogP contribution in [0.25, 0.3) is 0 Å². The molecule has 1 aliphatic rings. The van der Waals surface area contributed by atoms with E-state index in [9.17, 15) is 28.0 Å². The number of anilines is 1. The lowest BCUT2D eigenvalue weighted by molar-refractivity contribution is -0.137. The van der Waals surface area contributed by atoms with E-state index in [1.165, 1.54) is 17.2 Å². The smallest absolute Gasteiger partial charge is 0.417 e. The van der Waals surface area contributed by atoms with E-state index in [4.69, 9.17) is 16.3 Å². The van der Waals surface area contributed by atoms with E-state index >= 15 is 0 Å². The van der Waals surface area contributed by atoms with Gasteiger partial charge in [-0.1, -0.05) is 11.6 Å². The van der Waals surface area contributed by atoms with Gasteiger partial charge in [0.1, 0.15) is 11.6 Å². The van der Waals surface area contributed by atoms with Crippen LogP contribution in [0.15, 0.2) is 30.0 Å². The summed E-state index contributed by atoms with van der Waals surface area (Å²) in [5.41, 5.74) is -1.51. The first-order valence-electron chi connectivity index (χ1n) is 8.61. The highest BCUT2D eigenvalue weighted by Crippen LogP contribution is 2.36. The molecule has 1 aliphatic heterocycles. The van der Waals surface area contributed by atoms with Gasteiger partial charge >= 0.3 is 12.3 Å². The van der Waals surface area contributed by atoms with Gasteiger partial charge in [0.25, 0.3) is 5.91 Å². The molecule has 2 amide bonds. The number of ether oxygens (including phenoxy) is 1. The highest BCUT2D eigenvalue weighted by atomic mass is 35.5. The topological polar surface area (TPSA) is 85.7 Å². The number of carbonyl (C=O) groups excluding carboxylic acids is 2. The number of hydrogen-bond acceptors (Lipinski definition) is 5. The summed E-state index contributed by atoms with van der Waals surface area (Å²) < 4.78 is 43.7. The van der Waals surface area contributed by atoms with Gasteiger partial charge in [-0.2, -0.15) is 18.4 Å². The molecular formula is C18H18ClF3N4O3. The lowest BCUT2D eigenvalue weighted by Crippen LogP contribution is -2.47. The van der Waals surface area contributed by atoms with Crippen molar-refractivity contribution in [3.63, 3.8) is 0 Å². The lowest BCUT2D eigenvalue weighted by Gasteiger charge is -2.33. The van der Waals surface area contributed by atoms with Gasteiger partial charge in [-0.25, -0.2) is 4.79 Å². The standard InChI is InChI=1S/C18H18ClF3N4O3/c1-2-29-17(28)26-7-5-25(6-8-26)11-12(10-23)16(27)24-13-3-4-15(19)14(9-13)18(20,21)22/h3-4,9,11H,2,5-8H2,1H3,(H,24,27)/b12-11-. The number of nitrogens with one attached hydrogen (secondary N) is 1. The molecule has 7 nitrogen and oxygen atoms in total. The van der Waals surface area contributed by atoms with Crippen LogP contribution in [0.1, 0.15) is 12.5 Å². The van der Waals surface area contributed by atoms with Crippen molar-refractivity contribution in [3.8, 4) is 6.07 Å². The maximum Gasteiger partial charge on any atom is 0.417 e. The zero-order chi connectivity index (χ0) is 21.6. The number of nitriles is 1. The van der Waals surface area contributed by atoms with Crippen LogP contribution < -0.4 is 5.32 Å². The minimum absolute atomic E-state index is 0.139. The monoisotopic (exact) mass is 430 g/mol. The molecule has 29 heavy (non-hydrogen) atoms. The molecule has 1 aromatic carbocycles. The lowest BCUT2D eigenvalue weighted by atomic mass is 10.2. The zero-order valence-corrected chi connectivity index (χ0v) is 16.2. The molecule has 0 aromatic heterocycles. The second kappa shape index (κ2) is 9.52. The van der Waals surface area contributed by atoms with Crippen molar-refractivity contribution in [1.82, 2.24) is 9.80 Å². The largest absolute Gasteiger partial charge is 0.450 e. The second-order valence-corrected chi connectivity index (χ2v) is 6.43. The maximum absolute atomic E-state index is 12.9. The van der Waals surface area contributed by atoms with Crippen LogP contribution in [-0.4, -0.2) is 54.6 Å². The molecule has 1 saturated heterocycles. The minimum atomic E-state index is -4.68. The van der Waals surface area contributed by atoms with Crippen LogP contribution in [0.2, 0.25) is 5.02 Å². The predicted molar refractivity (Wildman–Crippen MR) is 98.9 cm³/mol. The summed E-state index contributed by atoms with van der Waals surface area (Å²) in [6, 6.07) is 4.66. The molecule has 2 rings (SSSR count). The van der Waals surface area contributed by atoms with Crippen LogP contribution in [0.3, 0.4) is 0 Å². The van der Waals surface area contributed by atoms with Crippen molar-refractivity contribution in [2.24, 2.45) is 0 Å². The molecule has 11 heteroatoms. The maximum atomic E-state index is 12.9. The summed E-state index contributed by atoms with van der Waals surface area (Å²) in [5.74, 6) is -0.851. The van der Waals surface area contributed by atoms with Crippen molar-refractivity contribution in [2.75, 3.05) is 38.1 Å². The Balaban J connectivity index is 2.05. The Morgan fingerprint density at radius 3 is 2.52 bits per heavy atom. The van der Waals surface area contributed by atoms with E-state index in [-0.39, 0.29) is 17.9 Å². The van der Waals surface area contributed by atoms with Gasteiger partial charge in [0.15, 0.2) is 0 Å². The molecule has 0 atom stereocenters. The van der Waals surface area contributed by atoms with Crippen molar-refractivity contribution >= 4 is 29.3 Å². The number of rotatable bonds is 4. The number of carbonyl (C=O) groups is 2. The third-order valence-corrected chi connectivity index (χ3v) is 4.38. The van der Waals surface area contributed by atoms with Gasteiger partial charge in [0.2, 0.25) is 0 Å². The molecule has 0 unspecified atom stereocenters. The number of halogens is 4. The summed E-state index contributed by atoms with van der Waals surface area (Å²) in [5, 5.41) is 11.0. The van der Waals surface area contributed by atoms with Crippen molar-refractivity contribution in [2.45, 2.75) is 13.1 Å². The fourth-order valence-corrected chi connectivity index (χ4v) is 2.81. The highest BCUT2D eigenvalue weighted by Gasteiger charge is 2.33. The van der Waals surface area contributed by atoms with E-state index < -0.39 is 28.8 Å². The molecule has 0 radical (unpaired) electrons. The van der Waals surface area contributed by atoms with Gasteiger partial charge in [-0.15, -0.1) is 0 Å². The Labute approximate surface area is 170 Å². The van der Waals surface area contributed by atoms with Crippen molar-refractivity contribution in [3.05, 3.63) is 40.6 Å². The van der Waals surface area contributed by atoms with Gasteiger partial charge in [0.05, 0.1) is 17.2 Å². The fourth-order valence-electron chi connectivity index (χ4n) is 2.59. The first-order valence-corrected chi connectivity index (χ1v) is 8.99. The average Bonchev–Trinajstić information content (AvgIpc) is 2.67. The van der Waals surface area contributed by atoms with Crippen LogP contribution in [0, 0.1) is 11.3 Å². The van der Waals surface area contributed by atoms with Crippen LogP contribution in [0.5, 0.6) is 0 Å². The third kappa shape index (κ3) is 6.02. The number of alkyl halides is 3. The molecule has 0 bridgehead atoms. The van der Waals surface area contributed by atoms with Crippen molar-refractivity contribution in [1.29, 1.82) is 5.26 Å². The summed E-state index contributed by atoms with van der Waals surface area (Å²) in [7, 11) is 0. The third-order valence-electron chi connectivity index (χ3n) is 4.05. The number of piperazine rings is 1. The summed E-state index contributed by atoms with van der Waals surface area (Å²) >= 11 is 5.55. The second-order valence-electron chi connectivity index (χ2n) is 6.02. The molecule has 1 heterocycles. The Kier molecular flexibility index (Phi) is 7.34. The average molecular weight is 431 g/mol. The van der Waals surface area contributed by atoms with E-state index in [0.29, 0.717) is 32.2 Å². The van der Waals surface area contributed by atoms with Gasteiger partial charge in [0, 0.05) is 38.1 Å². The highest BCUT2D eigenvalue weighted by molar-refractivity contribution is 6.31. The SMILES string of the molecule is CCOC(=O)N1CCN(/C=C(/C#N)C(=O)Nc2ccc(Cl)c(C(F)(F)F)c2)CC1.